The molecule has 3 aromatic rings. The molecule has 132 valence electrons. The second-order valence-electron chi connectivity index (χ2n) is 5.04. The summed E-state index contributed by atoms with van der Waals surface area (Å²) in [5, 5.41) is 4.39. The summed E-state index contributed by atoms with van der Waals surface area (Å²) in [6, 6.07) is 8.67. The van der Waals surface area contributed by atoms with Gasteiger partial charge >= 0.3 is 5.97 Å². The third kappa shape index (κ3) is 4.14. The van der Waals surface area contributed by atoms with E-state index in [1.54, 1.807) is 17.5 Å². The number of nitrogens with one attached hydrogen (secondary N) is 1. The Kier molecular flexibility index (Phi) is 5.09. The highest BCUT2D eigenvalue weighted by Crippen LogP contribution is 2.22. The summed E-state index contributed by atoms with van der Waals surface area (Å²) in [7, 11) is 0. The Labute approximate surface area is 151 Å². The molecule has 0 bridgehead atoms. The van der Waals surface area contributed by atoms with Gasteiger partial charge in [-0.25, -0.2) is 9.78 Å². The van der Waals surface area contributed by atoms with Crippen molar-refractivity contribution < 1.29 is 23.5 Å². The summed E-state index contributed by atoms with van der Waals surface area (Å²) in [5.74, 6) is -1.72. The van der Waals surface area contributed by atoms with E-state index >= 15 is 0 Å². The van der Waals surface area contributed by atoms with Crippen molar-refractivity contribution >= 4 is 51.3 Å². The number of benzene rings is 1. The van der Waals surface area contributed by atoms with Crippen molar-refractivity contribution in [3.05, 3.63) is 53.2 Å². The fourth-order valence-electron chi connectivity index (χ4n) is 2.05. The predicted octanol–water partition coefficient (Wildman–Crippen LogP) is 2.18. The summed E-state index contributed by atoms with van der Waals surface area (Å²) in [4.78, 5) is 38.8. The maximum Gasteiger partial charge on any atom is 0.331 e. The van der Waals surface area contributed by atoms with E-state index in [1.165, 1.54) is 12.1 Å². The zero-order valence-electron chi connectivity index (χ0n) is 13.3. The lowest BCUT2D eigenvalue weighted by Crippen LogP contribution is -2.21. The van der Waals surface area contributed by atoms with E-state index in [0.29, 0.717) is 16.1 Å². The fraction of sp³-hybridized carbons (Fsp3) is 0.0588. The first-order valence-corrected chi connectivity index (χ1v) is 8.28. The maximum atomic E-state index is 11.8. The minimum atomic E-state index is -0.733. The van der Waals surface area contributed by atoms with Gasteiger partial charge in [0.2, 0.25) is 5.89 Å². The second kappa shape index (κ2) is 7.62. The number of hydrogen-bond donors (Lipinski definition) is 2. The Morgan fingerprint density at radius 2 is 2.08 bits per heavy atom. The van der Waals surface area contributed by atoms with E-state index in [0.717, 1.165) is 17.4 Å². The van der Waals surface area contributed by atoms with Crippen LogP contribution in [0.4, 0.5) is 5.00 Å². The number of oxazole rings is 1. The van der Waals surface area contributed by atoms with Gasteiger partial charge in [0.25, 0.3) is 11.8 Å². The number of rotatable bonds is 6. The van der Waals surface area contributed by atoms with Gasteiger partial charge in [-0.2, -0.15) is 0 Å². The van der Waals surface area contributed by atoms with E-state index in [9.17, 15) is 14.4 Å². The number of anilines is 1. The van der Waals surface area contributed by atoms with E-state index in [4.69, 9.17) is 14.9 Å². The molecule has 9 heteroatoms. The van der Waals surface area contributed by atoms with Crippen LogP contribution in [0.5, 0.6) is 0 Å². The van der Waals surface area contributed by atoms with Crippen molar-refractivity contribution in [2.24, 2.45) is 5.73 Å². The van der Waals surface area contributed by atoms with Gasteiger partial charge in [0.1, 0.15) is 10.5 Å². The van der Waals surface area contributed by atoms with Crippen LogP contribution in [0.25, 0.3) is 17.2 Å². The normalized spacial score (nSPS) is 10.9. The highest BCUT2D eigenvalue weighted by atomic mass is 32.1. The standard InChI is InChI=1S/C17H13N3O5S/c18-16(23)10-7-8-26-17(10)20-13(21)9-24-15(22)6-5-14-19-11-3-1-2-4-12(11)25-14/h1-8H,9H2,(H2,18,23)(H,20,21)/b6-5+. The van der Waals surface area contributed by atoms with Crippen LogP contribution in [-0.2, 0) is 14.3 Å². The Balaban J connectivity index is 1.52. The summed E-state index contributed by atoms with van der Waals surface area (Å²) in [6.45, 7) is -0.507. The lowest BCUT2D eigenvalue weighted by atomic mass is 10.3. The summed E-state index contributed by atoms with van der Waals surface area (Å²) in [6.07, 6.45) is 2.46. The number of nitrogens with zero attached hydrogens (tertiary/aromatic N) is 1. The number of hydrogen-bond acceptors (Lipinski definition) is 7. The molecule has 1 aromatic carbocycles. The molecule has 2 amide bonds. The number of fused-ring (bicyclic) bond motifs is 1. The van der Waals surface area contributed by atoms with Gasteiger partial charge in [-0.3, -0.25) is 9.59 Å². The smallest absolute Gasteiger partial charge is 0.331 e. The quantitative estimate of drug-likeness (QED) is 0.505. The minimum Gasteiger partial charge on any atom is -0.452 e. The van der Waals surface area contributed by atoms with E-state index in [-0.39, 0.29) is 11.5 Å². The van der Waals surface area contributed by atoms with E-state index < -0.39 is 24.4 Å². The second-order valence-corrected chi connectivity index (χ2v) is 5.95. The van der Waals surface area contributed by atoms with Crippen LogP contribution in [0, 0.1) is 0 Å². The van der Waals surface area contributed by atoms with Gasteiger partial charge in [0.15, 0.2) is 12.2 Å². The number of amides is 2. The number of aromatic nitrogens is 1. The van der Waals surface area contributed by atoms with Crippen LogP contribution >= 0.6 is 11.3 Å². The van der Waals surface area contributed by atoms with Crippen LogP contribution in [-0.4, -0.2) is 29.4 Å². The zero-order chi connectivity index (χ0) is 18.5. The van der Waals surface area contributed by atoms with Gasteiger partial charge in [0, 0.05) is 12.2 Å². The van der Waals surface area contributed by atoms with Crippen molar-refractivity contribution in [3.8, 4) is 0 Å². The summed E-state index contributed by atoms with van der Waals surface area (Å²) >= 11 is 1.14. The van der Waals surface area contributed by atoms with Gasteiger partial charge < -0.3 is 20.2 Å². The molecule has 0 atom stereocenters. The van der Waals surface area contributed by atoms with Gasteiger partial charge in [0.05, 0.1) is 5.56 Å². The summed E-state index contributed by atoms with van der Waals surface area (Å²) in [5.41, 5.74) is 6.65. The van der Waals surface area contributed by atoms with Gasteiger partial charge in [-0.1, -0.05) is 12.1 Å². The molecule has 0 aliphatic rings. The van der Waals surface area contributed by atoms with Crippen molar-refractivity contribution in [1.29, 1.82) is 0 Å². The third-order valence-electron chi connectivity index (χ3n) is 3.20. The van der Waals surface area contributed by atoms with E-state index in [1.807, 2.05) is 12.1 Å². The summed E-state index contributed by atoms with van der Waals surface area (Å²) < 4.78 is 10.3. The average Bonchev–Trinajstić information content (AvgIpc) is 3.24. The van der Waals surface area contributed by atoms with Crippen molar-refractivity contribution in [2.45, 2.75) is 0 Å². The molecule has 8 nitrogen and oxygen atoms in total. The lowest BCUT2D eigenvalue weighted by molar-refractivity contribution is -0.142. The maximum absolute atomic E-state index is 11.8. The molecule has 0 radical (unpaired) electrons. The molecular formula is C17H13N3O5S. The first-order chi connectivity index (χ1) is 12.5. The predicted molar refractivity (Wildman–Crippen MR) is 95.5 cm³/mol. The first kappa shape index (κ1) is 17.4. The van der Waals surface area contributed by atoms with Crippen LogP contribution in [0.1, 0.15) is 16.2 Å². The Hall–Kier alpha value is -3.46. The molecular weight excluding hydrogens is 358 g/mol. The third-order valence-corrected chi connectivity index (χ3v) is 4.03. The molecule has 3 rings (SSSR count). The van der Waals surface area contributed by atoms with Crippen LogP contribution < -0.4 is 11.1 Å². The molecule has 0 saturated heterocycles. The van der Waals surface area contributed by atoms with E-state index in [2.05, 4.69) is 10.3 Å². The van der Waals surface area contributed by atoms with Gasteiger partial charge in [-0.05, 0) is 23.6 Å². The number of esters is 1. The molecule has 26 heavy (non-hydrogen) atoms. The highest BCUT2D eigenvalue weighted by molar-refractivity contribution is 7.14. The largest absolute Gasteiger partial charge is 0.452 e. The number of ether oxygens (including phenoxy) is 1. The van der Waals surface area contributed by atoms with Crippen LogP contribution in [0.2, 0.25) is 0 Å². The Bertz CT molecular complexity index is 972. The minimum absolute atomic E-state index is 0.200. The molecule has 0 aliphatic carbocycles. The Morgan fingerprint density at radius 3 is 2.85 bits per heavy atom. The first-order valence-electron chi connectivity index (χ1n) is 7.40. The number of para-hydroxylation sites is 2. The number of thiophene rings is 1. The van der Waals surface area contributed by atoms with Crippen LogP contribution in [0.15, 0.2) is 46.2 Å². The SMILES string of the molecule is NC(=O)c1ccsc1NC(=O)COC(=O)/C=C/c1nc2ccccc2o1. The van der Waals surface area contributed by atoms with Crippen molar-refractivity contribution in [1.82, 2.24) is 4.98 Å². The molecule has 0 saturated carbocycles. The lowest BCUT2D eigenvalue weighted by Gasteiger charge is -2.04. The number of carbonyl (C=O) groups is 3. The molecule has 2 heterocycles. The molecule has 0 aliphatic heterocycles. The highest BCUT2D eigenvalue weighted by Gasteiger charge is 2.13. The average molecular weight is 371 g/mol. The fourth-order valence-corrected chi connectivity index (χ4v) is 2.86. The van der Waals surface area contributed by atoms with Crippen molar-refractivity contribution in [2.75, 3.05) is 11.9 Å². The number of carbonyl (C=O) groups excluding carboxylic acids is 3. The molecule has 0 spiro atoms. The van der Waals surface area contributed by atoms with Crippen LogP contribution in [0.3, 0.4) is 0 Å². The number of primary amides is 1. The molecule has 0 unspecified atom stereocenters. The topological polar surface area (TPSA) is 125 Å². The van der Waals surface area contributed by atoms with Gasteiger partial charge in [-0.15, -0.1) is 11.3 Å². The molecule has 0 fully saturated rings. The zero-order valence-corrected chi connectivity index (χ0v) is 14.1. The molecule has 3 N–H and O–H groups in total. The van der Waals surface area contributed by atoms with Crippen molar-refractivity contribution in [3.63, 3.8) is 0 Å². The number of nitrogens with two attached hydrogens (primary N) is 1. The monoisotopic (exact) mass is 371 g/mol. The Morgan fingerprint density at radius 1 is 1.27 bits per heavy atom. The molecule has 2 aromatic heterocycles.